The number of nitrogens with two attached hydrogens (primary N) is 1. The number of thioether (sulfide) groups is 1. The van der Waals surface area contributed by atoms with Gasteiger partial charge >= 0.3 is 0 Å². The summed E-state index contributed by atoms with van der Waals surface area (Å²) in [6.07, 6.45) is 3.88. The summed E-state index contributed by atoms with van der Waals surface area (Å²) in [5, 5.41) is 1.24. The first-order valence-corrected chi connectivity index (χ1v) is 10.0. The molecule has 1 saturated heterocycles. The molecule has 3 aliphatic rings. The van der Waals surface area contributed by atoms with Crippen LogP contribution in [0.25, 0.3) is 11.5 Å². The van der Waals surface area contributed by atoms with Crippen LogP contribution < -0.4 is 5.73 Å². The average Bonchev–Trinajstić information content (AvgIpc) is 3.07. The lowest BCUT2D eigenvalue weighted by Gasteiger charge is -2.18. The molecule has 3 aliphatic heterocycles. The Balaban J connectivity index is 1.74. The minimum absolute atomic E-state index is 0.394. The Kier molecular flexibility index (Phi) is 4.75. The first kappa shape index (κ1) is 16.9. The van der Waals surface area contributed by atoms with Crippen molar-refractivity contribution in [2.24, 2.45) is 0 Å². The van der Waals surface area contributed by atoms with Crippen LogP contribution in [0.2, 0.25) is 10.0 Å². The van der Waals surface area contributed by atoms with Gasteiger partial charge in [0.1, 0.15) is 5.82 Å². The van der Waals surface area contributed by atoms with Crippen molar-refractivity contribution < 1.29 is 0 Å². The lowest BCUT2D eigenvalue weighted by molar-refractivity contribution is 0.605. The molecule has 25 heavy (non-hydrogen) atoms. The molecule has 2 N–H and O–H groups in total. The third-order valence-corrected chi connectivity index (χ3v) is 6.24. The molecule has 0 bridgehead atoms. The lowest BCUT2D eigenvalue weighted by Crippen LogP contribution is -2.10. The number of imidazole rings is 1. The van der Waals surface area contributed by atoms with Crippen LogP contribution in [-0.2, 0) is 6.54 Å². The van der Waals surface area contributed by atoms with E-state index in [0.717, 1.165) is 41.6 Å². The van der Waals surface area contributed by atoms with Gasteiger partial charge in [-0.3, -0.25) is 0 Å². The summed E-state index contributed by atoms with van der Waals surface area (Å²) in [7, 11) is 0. The number of hydrogen-bond acceptors (Lipinski definition) is 5. The number of halogens is 2. The van der Waals surface area contributed by atoms with E-state index in [4.69, 9.17) is 33.9 Å². The summed E-state index contributed by atoms with van der Waals surface area (Å²) in [6, 6.07) is 5.48. The minimum Gasteiger partial charge on any atom is -0.382 e. The van der Waals surface area contributed by atoms with E-state index in [0.29, 0.717) is 34.0 Å². The maximum absolute atomic E-state index is 6.31. The van der Waals surface area contributed by atoms with Crippen LogP contribution in [0.5, 0.6) is 0 Å². The van der Waals surface area contributed by atoms with Crippen molar-refractivity contribution in [3.05, 3.63) is 46.0 Å². The monoisotopic (exact) mass is 393 g/mol. The zero-order chi connectivity index (χ0) is 17.4. The van der Waals surface area contributed by atoms with E-state index in [-0.39, 0.29) is 0 Å². The van der Waals surface area contributed by atoms with E-state index in [1.165, 1.54) is 0 Å². The summed E-state index contributed by atoms with van der Waals surface area (Å²) in [5.74, 6) is 4.70. The molecule has 0 spiro atoms. The van der Waals surface area contributed by atoms with Crippen molar-refractivity contribution in [3.8, 4) is 11.5 Å². The van der Waals surface area contributed by atoms with Crippen LogP contribution in [0, 0.1) is 0 Å². The van der Waals surface area contributed by atoms with Crippen LogP contribution >= 0.6 is 35.0 Å². The number of rotatable bonds is 3. The summed E-state index contributed by atoms with van der Waals surface area (Å²) in [5.41, 5.74) is 7.53. The molecule has 1 aromatic carbocycles. The SMILES string of the molecule is Nc1ncn(Cc2c(Cl)cccc2Cl)c2nc(C3CCSCC3)nc1-2. The van der Waals surface area contributed by atoms with E-state index in [1.54, 1.807) is 6.33 Å². The highest BCUT2D eigenvalue weighted by Crippen LogP contribution is 2.34. The Hall–Kier alpha value is -1.50. The molecule has 0 aliphatic carbocycles. The van der Waals surface area contributed by atoms with Gasteiger partial charge in [0.25, 0.3) is 0 Å². The summed E-state index contributed by atoms with van der Waals surface area (Å²) in [6.45, 7) is 0.473. The normalized spacial score (nSPS) is 15.8. The van der Waals surface area contributed by atoms with Gasteiger partial charge < -0.3 is 10.3 Å². The fourth-order valence-corrected chi connectivity index (χ4v) is 4.70. The number of anilines is 1. The molecule has 0 aromatic heterocycles. The predicted molar refractivity (Wildman–Crippen MR) is 104 cm³/mol. The Morgan fingerprint density at radius 2 is 1.88 bits per heavy atom. The van der Waals surface area contributed by atoms with Crippen molar-refractivity contribution in [1.82, 2.24) is 19.5 Å². The highest BCUT2D eigenvalue weighted by molar-refractivity contribution is 7.99. The van der Waals surface area contributed by atoms with Gasteiger partial charge in [0.05, 0.1) is 12.9 Å². The number of hydrogen-bond donors (Lipinski definition) is 1. The molecule has 8 heteroatoms. The van der Waals surface area contributed by atoms with Crippen LogP contribution in [0.15, 0.2) is 24.5 Å². The largest absolute Gasteiger partial charge is 0.382 e. The van der Waals surface area contributed by atoms with Crippen molar-refractivity contribution >= 4 is 40.8 Å². The van der Waals surface area contributed by atoms with E-state index in [9.17, 15) is 0 Å². The van der Waals surface area contributed by atoms with Gasteiger partial charge in [-0.25, -0.2) is 15.0 Å². The molecule has 3 heterocycles. The molecule has 1 fully saturated rings. The number of benzene rings is 1. The molecule has 0 saturated carbocycles. The molecule has 130 valence electrons. The fourth-order valence-electron chi connectivity index (χ4n) is 3.08. The topological polar surface area (TPSA) is 69.6 Å². The minimum atomic E-state index is 0.394. The van der Waals surface area contributed by atoms with Crippen LogP contribution in [0.3, 0.4) is 0 Å². The zero-order valence-corrected chi connectivity index (χ0v) is 15.8. The van der Waals surface area contributed by atoms with Gasteiger partial charge in [0.15, 0.2) is 17.3 Å². The Labute approximate surface area is 160 Å². The lowest BCUT2D eigenvalue weighted by atomic mass is 10.0. The van der Waals surface area contributed by atoms with Gasteiger partial charge in [-0.1, -0.05) is 29.3 Å². The smallest absolute Gasteiger partial charge is 0.166 e. The number of nitrogen functional groups attached to an aromatic ring is 1. The molecular weight excluding hydrogens is 377 g/mol. The van der Waals surface area contributed by atoms with Gasteiger partial charge in [-0.2, -0.15) is 11.8 Å². The van der Waals surface area contributed by atoms with E-state index in [1.807, 2.05) is 34.5 Å². The Bertz CT molecular complexity index is 855. The quantitative estimate of drug-likeness (QED) is 0.716. The van der Waals surface area contributed by atoms with Gasteiger partial charge in [0.2, 0.25) is 0 Å². The average molecular weight is 394 g/mol. The number of aromatic nitrogens is 4. The maximum atomic E-state index is 6.31. The summed E-state index contributed by atoms with van der Waals surface area (Å²) < 4.78 is 1.91. The van der Waals surface area contributed by atoms with Crippen molar-refractivity contribution in [2.45, 2.75) is 25.3 Å². The molecule has 0 radical (unpaired) electrons. The van der Waals surface area contributed by atoms with Crippen molar-refractivity contribution in [3.63, 3.8) is 0 Å². The Morgan fingerprint density at radius 3 is 2.60 bits per heavy atom. The third-order valence-electron chi connectivity index (χ3n) is 4.49. The first-order chi connectivity index (χ1) is 12.1. The molecule has 0 atom stereocenters. The second-order valence-corrected chi connectivity index (χ2v) is 8.14. The van der Waals surface area contributed by atoms with Crippen LogP contribution in [-0.4, -0.2) is 31.0 Å². The first-order valence-electron chi connectivity index (χ1n) is 8.12. The summed E-state index contributed by atoms with van der Waals surface area (Å²) >= 11 is 14.6. The maximum Gasteiger partial charge on any atom is 0.166 e. The third kappa shape index (κ3) is 3.30. The standard InChI is InChI=1S/C17H17Cl2N5S/c18-12-2-1-3-13(19)11(12)8-24-9-21-15(20)14-17(24)23-16(22-14)10-4-6-25-7-5-10/h1-3,9-10H,4-8,20H2. The molecule has 5 nitrogen and oxygen atoms in total. The van der Waals surface area contributed by atoms with Gasteiger partial charge in [0, 0.05) is 21.5 Å². The molecule has 0 unspecified atom stereocenters. The van der Waals surface area contributed by atoms with Gasteiger partial charge in [-0.05, 0) is 36.5 Å². The molecule has 1 aromatic rings. The van der Waals surface area contributed by atoms with Crippen LogP contribution in [0.4, 0.5) is 5.82 Å². The second-order valence-electron chi connectivity index (χ2n) is 6.10. The van der Waals surface area contributed by atoms with Crippen molar-refractivity contribution in [2.75, 3.05) is 17.2 Å². The zero-order valence-electron chi connectivity index (χ0n) is 13.5. The molecule has 0 amide bonds. The van der Waals surface area contributed by atoms with E-state index in [2.05, 4.69) is 9.97 Å². The second kappa shape index (κ2) is 7.02. The van der Waals surface area contributed by atoms with Crippen molar-refractivity contribution in [1.29, 1.82) is 0 Å². The summed E-state index contributed by atoms with van der Waals surface area (Å²) in [4.78, 5) is 13.7. The van der Waals surface area contributed by atoms with Gasteiger partial charge in [-0.15, -0.1) is 0 Å². The number of fused-ring (bicyclic) bond motifs is 1. The highest BCUT2D eigenvalue weighted by Gasteiger charge is 2.25. The van der Waals surface area contributed by atoms with E-state index < -0.39 is 0 Å². The van der Waals surface area contributed by atoms with E-state index >= 15 is 0 Å². The fraction of sp³-hybridized carbons (Fsp3) is 0.353. The number of nitrogens with zero attached hydrogens (tertiary/aromatic N) is 4. The Morgan fingerprint density at radius 1 is 1.16 bits per heavy atom. The predicted octanol–water partition coefficient (Wildman–Crippen LogP) is 4.33. The van der Waals surface area contributed by atoms with Crippen LogP contribution in [0.1, 0.15) is 30.1 Å². The molecule has 4 rings (SSSR count). The molecular formula is C17H17Cl2N5S. The highest BCUT2D eigenvalue weighted by atomic mass is 35.5.